The first-order valence-electron chi connectivity index (χ1n) is 13.2. The Hall–Kier alpha value is -4.86. The van der Waals surface area contributed by atoms with Crippen molar-refractivity contribution < 1.29 is 34.1 Å². The van der Waals surface area contributed by atoms with E-state index in [9.17, 15) is 14.7 Å². The maximum Gasteiger partial charge on any atom is 0.412 e. The van der Waals surface area contributed by atoms with Gasteiger partial charge in [-0.25, -0.2) is 10.3 Å². The van der Waals surface area contributed by atoms with Crippen LogP contribution in [-0.4, -0.2) is 41.6 Å². The summed E-state index contributed by atoms with van der Waals surface area (Å²) in [5.74, 6) is 0.421. The van der Waals surface area contributed by atoms with Crippen LogP contribution in [0.1, 0.15) is 24.5 Å². The van der Waals surface area contributed by atoms with Crippen LogP contribution in [0.2, 0.25) is 0 Å². The maximum atomic E-state index is 13.4. The van der Waals surface area contributed by atoms with Crippen LogP contribution < -0.4 is 20.3 Å². The molecule has 4 N–H and O–H groups in total. The number of rotatable bonds is 13. The van der Waals surface area contributed by atoms with Gasteiger partial charge < -0.3 is 19.3 Å². The minimum Gasteiger partial charge on any atom is -0.491 e. The second-order valence-corrected chi connectivity index (χ2v) is 9.05. The molecule has 2 atom stereocenters. The summed E-state index contributed by atoms with van der Waals surface area (Å²) < 4.78 is 18.0. The lowest BCUT2D eigenvalue weighted by molar-refractivity contribution is -0.124. The molecule has 0 fully saturated rings. The maximum absolute atomic E-state index is 13.4. The van der Waals surface area contributed by atoms with E-state index in [2.05, 4.69) is 5.32 Å². The molecule has 2 amide bonds. The summed E-state index contributed by atoms with van der Waals surface area (Å²) in [5, 5.41) is 22.7. The van der Waals surface area contributed by atoms with Gasteiger partial charge in [0.25, 0.3) is 5.91 Å². The predicted octanol–water partition coefficient (Wildman–Crippen LogP) is 5.79. The summed E-state index contributed by atoms with van der Waals surface area (Å²) in [5.41, 5.74) is 2.78. The number of allylic oxidation sites excluding steroid dienone is 1. The number of para-hydroxylation sites is 1. The Morgan fingerprint density at radius 3 is 2.41 bits per heavy atom. The monoisotopic (exact) mass is 556 g/mol. The van der Waals surface area contributed by atoms with Gasteiger partial charge in [0.05, 0.1) is 12.3 Å². The molecule has 0 saturated carbocycles. The highest BCUT2D eigenvalue weighted by Crippen LogP contribution is 2.32. The van der Waals surface area contributed by atoms with Crippen LogP contribution >= 0.6 is 0 Å². The highest BCUT2D eigenvalue weighted by molar-refractivity contribution is 6.00. The van der Waals surface area contributed by atoms with Crippen LogP contribution in [0.15, 0.2) is 109 Å². The average molecular weight is 557 g/mol. The fourth-order valence-electron chi connectivity index (χ4n) is 4.33. The van der Waals surface area contributed by atoms with E-state index in [-0.39, 0.29) is 13.2 Å². The molecule has 0 aliphatic rings. The van der Waals surface area contributed by atoms with Gasteiger partial charge in [0.15, 0.2) is 6.10 Å². The molecule has 0 aliphatic carbocycles. The molecule has 0 unspecified atom stereocenters. The zero-order valence-electron chi connectivity index (χ0n) is 22.3. The first kappa shape index (κ1) is 29.1. The third-order valence-corrected chi connectivity index (χ3v) is 6.17. The summed E-state index contributed by atoms with van der Waals surface area (Å²) in [6.07, 6.45) is 1.32. The highest BCUT2D eigenvalue weighted by atomic mass is 16.6. The number of nitrogens with one attached hydrogen (secondary N) is 2. The Morgan fingerprint density at radius 1 is 0.878 bits per heavy atom. The number of benzene rings is 4. The number of ether oxygens (including phenoxy) is 3. The van der Waals surface area contributed by atoms with E-state index in [0.717, 1.165) is 10.8 Å². The molecule has 41 heavy (non-hydrogen) atoms. The lowest BCUT2D eigenvalue weighted by Gasteiger charge is -2.28. The van der Waals surface area contributed by atoms with Gasteiger partial charge in [-0.1, -0.05) is 72.8 Å². The largest absolute Gasteiger partial charge is 0.491 e. The number of hydrogen-bond donors (Lipinski definition) is 4. The van der Waals surface area contributed by atoms with E-state index >= 15 is 0 Å². The van der Waals surface area contributed by atoms with Crippen LogP contribution in [-0.2, 0) is 9.53 Å². The van der Waals surface area contributed by atoms with E-state index in [1.165, 1.54) is 6.08 Å². The number of fused-ring (bicyclic) bond motifs is 1. The number of anilines is 1. The summed E-state index contributed by atoms with van der Waals surface area (Å²) in [6.45, 7) is -0.0384. The van der Waals surface area contributed by atoms with Gasteiger partial charge in [-0.2, -0.15) is 0 Å². The van der Waals surface area contributed by atoms with Gasteiger partial charge >= 0.3 is 6.09 Å². The van der Waals surface area contributed by atoms with Crippen LogP contribution in [0.5, 0.6) is 11.5 Å². The van der Waals surface area contributed by atoms with Crippen molar-refractivity contribution in [3.63, 3.8) is 0 Å². The number of amides is 2. The molecule has 4 rings (SSSR count). The van der Waals surface area contributed by atoms with Crippen LogP contribution in [0.3, 0.4) is 0 Å². The number of carbonyl (C=O) groups is 2. The number of hydroxylamine groups is 1. The molecule has 9 heteroatoms. The Balaban J connectivity index is 1.65. The first-order chi connectivity index (χ1) is 20.1. The SMILES string of the molecule is O=C(/C=C/CC[C@H](Oc1ccccc1)[C@@H](OC(=O)Nc1cccc2ccccc12)c1cccc(OCCO)c1)NO. The van der Waals surface area contributed by atoms with Crippen molar-refractivity contribution in [3.05, 3.63) is 115 Å². The summed E-state index contributed by atoms with van der Waals surface area (Å²) in [6, 6.07) is 29.5. The second-order valence-electron chi connectivity index (χ2n) is 9.05. The molecule has 212 valence electrons. The van der Waals surface area contributed by atoms with Crippen molar-refractivity contribution in [2.45, 2.75) is 25.0 Å². The lowest BCUT2D eigenvalue weighted by atomic mass is 9.99. The van der Waals surface area contributed by atoms with E-state index in [1.54, 1.807) is 54.0 Å². The van der Waals surface area contributed by atoms with Gasteiger partial charge in [-0.15, -0.1) is 0 Å². The molecule has 0 bridgehead atoms. The van der Waals surface area contributed by atoms with Gasteiger partial charge in [-0.3, -0.25) is 15.3 Å². The molecule has 9 nitrogen and oxygen atoms in total. The normalized spacial score (nSPS) is 12.4. The van der Waals surface area contributed by atoms with Crippen molar-refractivity contribution in [1.82, 2.24) is 5.48 Å². The van der Waals surface area contributed by atoms with Crippen molar-refractivity contribution in [2.75, 3.05) is 18.5 Å². The molecule has 0 radical (unpaired) electrons. The number of aliphatic hydroxyl groups excluding tert-OH is 1. The second kappa shape index (κ2) is 15.1. The molecule has 0 saturated heterocycles. The molecule has 0 aliphatic heterocycles. The van der Waals surface area contributed by atoms with Crippen molar-refractivity contribution in [2.24, 2.45) is 0 Å². The number of aliphatic hydroxyl groups is 1. The third-order valence-electron chi connectivity index (χ3n) is 6.17. The summed E-state index contributed by atoms with van der Waals surface area (Å²) in [4.78, 5) is 24.8. The Morgan fingerprint density at radius 2 is 1.61 bits per heavy atom. The average Bonchev–Trinajstić information content (AvgIpc) is 3.01. The van der Waals surface area contributed by atoms with Crippen molar-refractivity contribution >= 4 is 28.5 Å². The standard InChI is InChI=1S/C32H32N2O7/c35-20-21-39-26-15-8-12-24(22-26)31(41-32(37)33-28-17-9-11-23-10-4-5-16-27(23)28)29(18-6-7-19-30(36)34-38)40-25-13-2-1-3-14-25/h1-5,7-17,19,22,29,31,35,38H,6,18,20-21H2,(H,33,37)(H,34,36)/b19-7+/t29-,31-/m0/s1. The van der Waals surface area contributed by atoms with Gasteiger partial charge in [0.2, 0.25) is 0 Å². The molecule has 4 aromatic rings. The van der Waals surface area contributed by atoms with Crippen molar-refractivity contribution in [1.29, 1.82) is 0 Å². The Bertz CT molecular complexity index is 1450. The highest BCUT2D eigenvalue weighted by Gasteiger charge is 2.29. The third kappa shape index (κ3) is 8.56. The Labute approximate surface area is 237 Å². The van der Waals surface area contributed by atoms with E-state index in [4.69, 9.17) is 19.4 Å². The zero-order chi connectivity index (χ0) is 28.9. The minimum absolute atomic E-state index is 0.109. The van der Waals surface area contributed by atoms with Crippen molar-refractivity contribution in [3.8, 4) is 11.5 Å². The molecule has 0 spiro atoms. The topological polar surface area (TPSA) is 126 Å². The lowest BCUT2D eigenvalue weighted by Crippen LogP contribution is -2.31. The minimum atomic E-state index is -0.886. The van der Waals surface area contributed by atoms with E-state index < -0.39 is 24.2 Å². The molecular formula is C32H32N2O7. The van der Waals surface area contributed by atoms with Gasteiger partial charge in [-0.05, 0) is 54.1 Å². The van der Waals surface area contributed by atoms with Gasteiger partial charge in [0.1, 0.15) is 24.2 Å². The van der Waals surface area contributed by atoms with E-state index in [1.807, 2.05) is 54.6 Å². The first-order valence-corrected chi connectivity index (χ1v) is 13.2. The van der Waals surface area contributed by atoms with Crippen LogP contribution in [0, 0.1) is 0 Å². The smallest absolute Gasteiger partial charge is 0.412 e. The quantitative estimate of drug-likeness (QED) is 0.0933. The fourth-order valence-corrected chi connectivity index (χ4v) is 4.33. The van der Waals surface area contributed by atoms with Crippen LogP contribution in [0.25, 0.3) is 10.8 Å². The predicted molar refractivity (Wildman–Crippen MR) is 155 cm³/mol. The summed E-state index contributed by atoms with van der Waals surface area (Å²) in [7, 11) is 0. The number of carbonyl (C=O) groups excluding carboxylic acids is 2. The Kier molecular flexibility index (Phi) is 10.7. The van der Waals surface area contributed by atoms with E-state index in [0.29, 0.717) is 35.6 Å². The molecule has 4 aromatic carbocycles. The zero-order valence-corrected chi connectivity index (χ0v) is 22.3. The summed E-state index contributed by atoms with van der Waals surface area (Å²) >= 11 is 0. The molecular weight excluding hydrogens is 524 g/mol. The van der Waals surface area contributed by atoms with Crippen LogP contribution in [0.4, 0.5) is 10.5 Å². The fraction of sp³-hybridized carbons (Fsp3) is 0.188. The molecule has 0 heterocycles. The number of hydrogen-bond acceptors (Lipinski definition) is 7. The molecule has 0 aromatic heterocycles. The van der Waals surface area contributed by atoms with Gasteiger partial charge in [0, 0.05) is 11.5 Å².